The van der Waals surface area contributed by atoms with Gasteiger partial charge < -0.3 is 11.1 Å². The lowest BCUT2D eigenvalue weighted by Gasteiger charge is -2.17. The monoisotopic (exact) mass is 262 g/mol. The van der Waals surface area contributed by atoms with Crippen LogP contribution in [0.25, 0.3) is 0 Å². The molecule has 0 saturated heterocycles. The molecule has 3 N–H and O–H groups in total. The van der Waals surface area contributed by atoms with Gasteiger partial charge in [-0.1, -0.05) is 44.2 Å². The zero-order valence-corrected chi connectivity index (χ0v) is 12.2. The predicted molar refractivity (Wildman–Crippen MR) is 79.7 cm³/mol. The summed E-state index contributed by atoms with van der Waals surface area (Å²) < 4.78 is 0. The average Bonchev–Trinajstić information content (AvgIpc) is 2.37. The van der Waals surface area contributed by atoms with Crippen molar-refractivity contribution in [1.82, 2.24) is 5.32 Å². The molecule has 2 unspecified atom stereocenters. The summed E-state index contributed by atoms with van der Waals surface area (Å²) in [5, 5.41) is 3.02. The second-order valence-electron chi connectivity index (χ2n) is 5.66. The minimum Gasteiger partial charge on any atom is -0.354 e. The van der Waals surface area contributed by atoms with E-state index in [1.54, 1.807) is 0 Å². The summed E-state index contributed by atoms with van der Waals surface area (Å²) in [6.45, 7) is 6.44. The van der Waals surface area contributed by atoms with E-state index in [4.69, 9.17) is 5.73 Å². The van der Waals surface area contributed by atoms with Gasteiger partial charge in [-0.3, -0.25) is 4.79 Å². The fourth-order valence-electron chi connectivity index (χ4n) is 2.01. The Morgan fingerprint density at radius 3 is 2.37 bits per heavy atom. The largest absolute Gasteiger partial charge is 0.354 e. The van der Waals surface area contributed by atoms with E-state index in [2.05, 4.69) is 19.2 Å². The first-order chi connectivity index (χ1) is 8.99. The molecule has 1 rings (SSSR count). The van der Waals surface area contributed by atoms with Crippen molar-refractivity contribution >= 4 is 5.91 Å². The van der Waals surface area contributed by atoms with Crippen LogP contribution in [0, 0.1) is 5.92 Å². The van der Waals surface area contributed by atoms with E-state index in [0.29, 0.717) is 12.3 Å². The van der Waals surface area contributed by atoms with Crippen LogP contribution in [0.3, 0.4) is 0 Å². The van der Waals surface area contributed by atoms with Crippen molar-refractivity contribution in [3.8, 4) is 0 Å². The number of benzene rings is 1. The lowest BCUT2D eigenvalue weighted by Crippen LogP contribution is -2.34. The summed E-state index contributed by atoms with van der Waals surface area (Å²) >= 11 is 0. The highest BCUT2D eigenvalue weighted by molar-refractivity contribution is 5.77. The number of rotatable bonds is 7. The summed E-state index contributed by atoms with van der Waals surface area (Å²) in [6, 6.07) is 9.75. The second-order valence-corrected chi connectivity index (χ2v) is 5.66. The third kappa shape index (κ3) is 6.39. The summed E-state index contributed by atoms with van der Waals surface area (Å²) in [5.74, 6) is 0.707. The number of carbonyl (C=O) groups is 1. The lowest BCUT2D eigenvalue weighted by atomic mass is 10.0. The molecule has 0 saturated carbocycles. The van der Waals surface area contributed by atoms with Gasteiger partial charge in [-0.2, -0.15) is 0 Å². The Kier molecular flexibility index (Phi) is 6.57. The quantitative estimate of drug-likeness (QED) is 0.793. The van der Waals surface area contributed by atoms with Crippen LogP contribution in [0.4, 0.5) is 0 Å². The SMILES string of the molecule is CC(C)CCC(C)NC(=O)CC(N)c1ccccc1. The fourth-order valence-corrected chi connectivity index (χ4v) is 2.01. The van der Waals surface area contributed by atoms with E-state index < -0.39 is 0 Å². The summed E-state index contributed by atoms with van der Waals surface area (Å²) in [7, 11) is 0. The molecule has 0 aromatic heterocycles. The molecule has 3 heteroatoms. The number of nitrogens with two attached hydrogens (primary N) is 1. The van der Waals surface area contributed by atoms with Crippen LogP contribution in [0.1, 0.15) is 51.6 Å². The molecular formula is C16H26N2O. The van der Waals surface area contributed by atoms with E-state index in [1.807, 2.05) is 37.3 Å². The highest BCUT2D eigenvalue weighted by Crippen LogP contribution is 2.13. The Balaban J connectivity index is 2.34. The van der Waals surface area contributed by atoms with E-state index in [-0.39, 0.29) is 18.0 Å². The molecule has 0 aliphatic rings. The minimum absolute atomic E-state index is 0.0348. The van der Waals surface area contributed by atoms with Crippen LogP contribution in [-0.2, 0) is 4.79 Å². The van der Waals surface area contributed by atoms with Gasteiger partial charge in [0.15, 0.2) is 0 Å². The first kappa shape index (κ1) is 15.7. The number of amides is 1. The second kappa shape index (κ2) is 7.95. The van der Waals surface area contributed by atoms with Crippen molar-refractivity contribution in [3.63, 3.8) is 0 Å². The highest BCUT2D eigenvalue weighted by atomic mass is 16.1. The van der Waals surface area contributed by atoms with Crippen molar-refractivity contribution < 1.29 is 4.79 Å². The Labute approximate surface area is 116 Å². The molecule has 0 aliphatic heterocycles. The molecule has 1 amide bonds. The number of carbonyl (C=O) groups excluding carboxylic acids is 1. The molecule has 106 valence electrons. The zero-order chi connectivity index (χ0) is 14.3. The van der Waals surface area contributed by atoms with Crippen LogP contribution >= 0.6 is 0 Å². The van der Waals surface area contributed by atoms with E-state index in [9.17, 15) is 4.79 Å². The van der Waals surface area contributed by atoms with Crippen molar-refractivity contribution in [2.75, 3.05) is 0 Å². The van der Waals surface area contributed by atoms with E-state index in [0.717, 1.165) is 18.4 Å². The molecule has 1 aromatic carbocycles. The van der Waals surface area contributed by atoms with Crippen molar-refractivity contribution in [2.45, 2.75) is 52.1 Å². The van der Waals surface area contributed by atoms with Crippen LogP contribution < -0.4 is 11.1 Å². The van der Waals surface area contributed by atoms with Gasteiger partial charge in [0, 0.05) is 18.5 Å². The molecule has 0 bridgehead atoms. The predicted octanol–water partition coefficient (Wildman–Crippen LogP) is 3.02. The van der Waals surface area contributed by atoms with Gasteiger partial charge in [0.05, 0.1) is 0 Å². The maximum absolute atomic E-state index is 11.9. The summed E-state index contributed by atoms with van der Waals surface area (Å²) in [4.78, 5) is 11.9. The van der Waals surface area contributed by atoms with Gasteiger partial charge >= 0.3 is 0 Å². The van der Waals surface area contributed by atoms with Crippen LogP contribution in [0.5, 0.6) is 0 Å². The van der Waals surface area contributed by atoms with Crippen molar-refractivity contribution in [2.24, 2.45) is 11.7 Å². The zero-order valence-electron chi connectivity index (χ0n) is 12.2. The molecule has 0 aliphatic carbocycles. The molecule has 0 spiro atoms. The molecule has 2 atom stereocenters. The Morgan fingerprint density at radius 1 is 1.16 bits per heavy atom. The van der Waals surface area contributed by atoms with Crippen LogP contribution in [0.15, 0.2) is 30.3 Å². The van der Waals surface area contributed by atoms with Crippen molar-refractivity contribution in [1.29, 1.82) is 0 Å². The number of hydrogen-bond acceptors (Lipinski definition) is 2. The molecule has 0 radical (unpaired) electrons. The van der Waals surface area contributed by atoms with Gasteiger partial charge in [0.2, 0.25) is 5.91 Å². The molecule has 0 fully saturated rings. The molecular weight excluding hydrogens is 236 g/mol. The lowest BCUT2D eigenvalue weighted by molar-refractivity contribution is -0.122. The van der Waals surface area contributed by atoms with Gasteiger partial charge in [0.25, 0.3) is 0 Å². The minimum atomic E-state index is -0.224. The maximum atomic E-state index is 11.9. The van der Waals surface area contributed by atoms with Gasteiger partial charge in [-0.15, -0.1) is 0 Å². The summed E-state index contributed by atoms with van der Waals surface area (Å²) in [5.41, 5.74) is 7.04. The van der Waals surface area contributed by atoms with Crippen molar-refractivity contribution in [3.05, 3.63) is 35.9 Å². The maximum Gasteiger partial charge on any atom is 0.222 e. The normalized spacial score (nSPS) is 14.2. The van der Waals surface area contributed by atoms with Crippen LogP contribution in [0.2, 0.25) is 0 Å². The van der Waals surface area contributed by atoms with Gasteiger partial charge in [-0.25, -0.2) is 0 Å². The standard InChI is InChI=1S/C16H26N2O/c1-12(2)9-10-13(3)18-16(19)11-15(17)14-7-5-4-6-8-14/h4-8,12-13,15H,9-11,17H2,1-3H3,(H,18,19). The van der Waals surface area contributed by atoms with Gasteiger partial charge in [-0.05, 0) is 31.2 Å². The number of hydrogen-bond donors (Lipinski definition) is 2. The third-order valence-electron chi connectivity index (χ3n) is 3.22. The Hall–Kier alpha value is -1.35. The molecule has 19 heavy (non-hydrogen) atoms. The molecule has 1 aromatic rings. The van der Waals surface area contributed by atoms with Crippen LogP contribution in [-0.4, -0.2) is 11.9 Å². The molecule has 3 nitrogen and oxygen atoms in total. The topological polar surface area (TPSA) is 55.1 Å². The Bertz CT molecular complexity index is 376. The van der Waals surface area contributed by atoms with Gasteiger partial charge in [0.1, 0.15) is 0 Å². The summed E-state index contributed by atoms with van der Waals surface area (Å²) in [6.07, 6.45) is 2.49. The number of nitrogens with one attached hydrogen (secondary N) is 1. The first-order valence-corrected chi connectivity index (χ1v) is 7.09. The fraction of sp³-hybridized carbons (Fsp3) is 0.562. The highest BCUT2D eigenvalue weighted by Gasteiger charge is 2.13. The Morgan fingerprint density at radius 2 is 1.79 bits per heavy atom. The molecule has 0 heterocycles. The van der Waals surface area contributed by atoms with E-state index >= 15 is 0 Å². The average molecular weight is 262 g/mol. The smallest absolute Gasteiger partial charge is 0.222 e. The first-order valence-electron chi connectivity index (χ1n) is 7.09. The third-order valence-corrected chi connectivity index (χ3v) is 3.22. The van der Waals surface area contributed by atoms with E-state index in [1.165, 1.54) is 0 Å².